The fourth-order valence-electron chi connectivity index (χ4n) is 7.51. The van der Waals surface area contributed by atoms with E-state index in [-0.39, 0.29) is 30.4 Å². The highest BCUT2D eigenvalue weighted by Gasteiger charge is 2.37. The number of aliphatic hydroxyl groups is 2. The molecule has 0 saturated carbocycles. The number of benzene rings is 5. The number of nitrogens with zero attached hydrogens (tertiary/aromatic N) is 3. The second-order valence-electron chi connectivity index (χ2n) is 14.4. The van der Waals surface area contributed by atoms with Crippen LogP contribution in [0.3, 0.4) is 0 Å². The summed E-state index contributed by atoms with van der Waals surface area (Å²) in [5, 5.41) is 24.7. The summed E-state index contributed by atoms with van der Waals surface area (Å²) in [6.07, 6.45) is 2.56. The zero-order chi connectivity index (χ0) is 37.8. The lowest BCUT2D eigenvalue weighted by Crippen LogP contribution is -2.46. The minimum atomic E-state index is -0.876. The average Bonchev–Trinajstić information content (AvgIpc) is 3.24. The van der Waals surface area contributed by atoms with Gasteiger partial charge in [0.2, 0.25) is 0 Å². The molecule has 10 heteroatoms. The van der Waals surface area contributed by atoms with Gasteiger partial charge < -0.3 is 29.9 Å². The van der Waals surface area contributed by atoms with Gasteiger partial charge >= 0.3 is 0 Å². The molecule has 0 radical (unpaired) electrons. The van der Waals surface area contributed by atoms with Crippen LogP contribution >= 0.6 is 11.6 Å². The van der Waals surface area contributed by atoms with Gasteiger partial charge in [0.15, 0.2) is 6.29 Å². The van der Waals surface area contributed by atoms with E-state index >= 15 is 0 Å². The fourth-order valence-corrected chi connectivity index (χ4v) is 7.63. The van der Waals surface area contributed by atoms with Crippen molar-refractivity contribution in [2.45, 2.75) is 56.5 Å². The number of para-hydroxylation sites is 2. The lowest BCUT2D eigenvalue weighted by Gasteiger charge is -2.42. The number of piperidine rings is 1. The molecule has 2 fully saturated rings. The van der Waals surface area contributed by atoms with Gasteiger partial charge in [-0.25, -0.2) is 4.98 Å². The number of hydrogen-bond acceptors (Lipinski definition) is 8. The molecule has 2 saturated heterocycles. The highest BCUT2D eigenvalue weighted by molar-refractivity contribution is 6.30. The van der Waals surface area contributed by atoms with Crippen LogP contribution in [0.1, 0.15) is 70.0 Å². The van der Waals surface area contributed by atoms with Crippen molar-refractivity contribution in [3.05, 3.63) is 166 Å². The number of likely N-dealkylation sites (tertiary alicyclic amines) is 1. The van der Waals surface area contributed by atoms with Gasteiger partial charge in [-0.3, -0.25) is 9.78 Å². The molecule has 2 aliphatic heterocycles. The largest absolute Gasteiger partial charge is 0.392 e. The first-order chi connectivity index (χ1) is 26.8. The number of carbonyl (C=O) groups excluding carboxylic acids is 1. The molecule has 1 aromatic heterocycles. The van der Waals surface area contributed by atoms with E-state index in [1.54, 1.807) is 0 Å². The Labute approximate surface area is 325 Å². The van der Waals surface area contributed by atoms with Gasteiger partial charge in [0.1, 0.15) is 5.69 Å². The molecule has 1 amide bonds. The summed E-state index contributed by atoms with van der Waals surface area (Å²) in [7, 11) is 0. The van der Waals surface area contributed by atoms with Crippen molar-refractivity contribution in [2.24, 2.45) is 0 Å². The highest BCUT2D eigenvalue weighted by atomic mass is 35.5. The monoisotopic (exact) mass is 754 g/mol. The molecular weight excluding hydrogens is 712 g/mol. The van der Waals surface area contributed by atoms with Crippen LogP contribution in [0.4, 0.5) is 0 Å². The molecule has 3 N–H and O–H groups in total. The number of nitrogens with one attached hydrogen (secondary N) is 1. The quantitative estimate of drug-likeness (QED) is 0.129. The molecule has 55 heavy (non-hydrogen) atoms. The Morgan fingerprint density at radius 2 is 1.55 bits per heavy atom. The van der Waals surface area contributed by atoms with Crippen molar-refractivity contribution in [1.29, 1.82) is 0 Å². The highest BCUT2D eigenvalue weighted by Crippen LogP contribution is 2.40. The Morgan fingerprint density at radius 1 is 0.818 bits per heavy atom. The lowest BCUT2D eigenvalue weighted by atomic mass is 9.84. The lowest BCUT2D eigenvalue weighted by molar-refractivity contribution is -0.253. The van der Waals surface area contributed by atoms with Crippen molar-refractivity contribution in [3.8, 4) is 11.1 Å². The first-order valence-electron chi connectivity index (χ1n) is 18.7. The van der Waals surface area contributed by atoms with Crippen molar-refractivity contribution in [1.82, 2.24) is 20.2 Å². The minimum Gasteiger partial charge on any atom is -0.392 e. The second-order valence-corrected chi connectivity index (χ2v) is 14.9. The maximum atomic E-state index is 12.9. The van der Waals surface area contributed by atoms with E-state index in [1.165, 1.54) is 6.20 Å². The summed E-state index contributed by atoms with van der Waals surface area (Å²) in [5.74, 6) is -0.277. The van der Waals surface area contributed by atoms with Crippen LogP contribution < -0.4 is 5.32 Å². The molecule has 0 unspecified atom stereocenters. The molecule has 0 spiro atoms. The molecule has 3 atom stereocenters. The molecule has 6 aromatic rings. The predicted octanol–water partition coefficient (Wildman–Crippen LogP) is 7.90. The third-order valence-electron chi connectivity index (χ3n) is 10.7. The molecule has 3 heterocycles. The molecule has 2 aliphatic rings. The summed E-state index contributed by atoms with van der Waals surface area (Å²) in [4.78, 5) is 24.1. The Bertz CT molecular complexity index is 2240. The smallest absolute Gasteiger partial charge is 0.271 e. The fraction of sp³-hybridized carbons (Fsp3) is 0.267. The molecule has 280 valence electrons. The van der Waals surface area contributed by atoms with E-state index < -0.39 is 11.9 Å². The van der Waals surface area contributed by atoms with Gasteiger partial charge in [-0.2, -0.15) is 0 Å². The zero-order valence-electron chi connectivity index (χ0n) is 30.4. The third kappa shape index (κ3) is 8.63. The topological polar surface area (TPSA) is 117 Å². The van der Waals surface area contributed by atoms with Crippen molar-refractivity contribution in [2.75, 3.05) is 19.6 Å². The Balaban J connectivity index is 0.939. The van der Waals surface area contributed by atoms with Gasteiger partial charge in [-0.15, -0.1) is 0 Å². The number of ether oxygens (including phenoxy) is 2. The van der Waals surface area contributed by atoms with Crippen LogP contribution in [0.2, 0.25) is 5.02 Å². The zero-order valence-corrected chi connectivity index (χ0v) is 31.1. The van der Waals surface area contributed by atoms with Gasteiger partial charge in [0, 0.05) is 43.2 Å². The van der Waals surface area contributed by atoms with Crippen LogP contribution in [0.5, 0.6) is 0 Å². The number of hydrogen-bond donors (Lipinski definition) is 3. The maximum Gasteiger partial charge on any atom is 0.271 e. The summed E-state index contributed by atoms with van der Waals surface area (Å²) >= 11 is 6.10. The second kappa shape index (κ2) is 16.4. The Kier molecular flexibility index (Phi) is 11.0. The van der Waals surface area contributed by atoms with Crippen LogP contribution in [0.25, 0.3) is 22.2 Å². The third-order valence-corrected chi connectivity index (χ3v) is 11.0. The minimum absolute atomic E-state index is 0.0120. The van der Waals surface area contributed by atoms with E-state index in [0.717, 1.165) is 64.1 Å². The summed E-state index contributed by atoms with van der Waals surface area (Å²) < 4.78 is 13.3. The first kappa shape index (κ1) is 36.9. The van der Waals surface area contributed by atoms with Crippen LogP contribution in [-0.4, -0.2) is 56.7 Å². The molecular formula is C45H43ClN4O5. The van der Waals surface area contributed by atoms with E-state index in [0.29, 0.717) is 36.3 Å². The maximum absolute atomic E-state index is 12.9. The van der Waals surface area contributed by atoms with Gasteiger partial charge in [0.05, 0.1) is 41.6 Å². The van der Waals surface area contributed by atoms with E-state index in [4.69, 9.17) is 21.1 Å². The number of halogens is 1. The molecule has 9 nitrogen and oxygen atoms in total. The van der Waals surface area contributed by atoms with Crippen LogP contribution in [0, 0.1) is 0 Å². The van der Waals surface area contributed by atoms with Crippen molar-refractivity contribution in [3.63, 3.8) is 0 Å². The number of aromatic nitrogens is 2. The number of amides is 1. The van der Waals surface area contributed by atoms with Crippen molar-refractivity contribution >= 4 is 28.5 Å². The van der Waals surface area contributed by atoms with Gasteiger partial charge in [0.25, 0.3) is 5.91 Å². The Morgan fingerprint density at radius 3 is 2.29 bits per heavy atom. The van der Waals surface area contributed by atoms with Crippen LogP contribution in [0.15, 0.2) is 128 Å². The number of fused-ring (bicyclic) bond motifs is 1. The first-order valence-corrected chi connectivity index (χ1v) is 19.1. The van der Waals surface area contributed by atoms with Crippen molar-refractivity contribution < 1.29 is 24.5 Å². The number of aliphatic hydroxyl groups excluding tert-OH is 1. The number of carbonyl (C=O) groups is 1. The normalized spacial score (nSPS) is 19.9. The van der Waals surface area contributed by atoms with E-state index in [2.05, 4.69) is 44.5 Å². The summed E-state index contributed by atoms with van der Waals surface area (Å²) in [6, 6.07) is 39.3. The molecule has 8 rings (SSSR count). The summed E-state index contributed by atoms with van der Waals surface area (Å²) in [5.41, 5.74) is 7.56. The predicted molar refractivity (Wildman–Crippen MR) is 212 cm³/mol. The summed E-state index contributed by atoms with van der Waals surface area (Å²) in [6.45, 7) is 2.55. The molecule has 0 bridgehead atoms. The van der Waals surface area contributed by atoms with Gasteiger partial charge in [-0.05, 0) is 76.6 Å². The standard InChI is InChI=1S/C45H43ClN4O5/c46-37-18-16-36(17-19-37)45(53)20-22-50(23-21-45)28-38-25-42(33-10-8-30(29-51)9-11-33)55-44(54-38)34-14-12-32(13-15-34)35-5-3-4-31(24-35)26-48-43(52)41-27-47-39-6-1-2-7-40(39)49-41/h1-19,24,27,38,42,44,51,53H,20-23,25-26,28-29H2,(H,48,52)/t38-,42+,44+/m0/s1. The van der Waals surface area contributed by atoms with E-state index in [1.807, 2.05) is 97.1 Å². The average molecular weight is 755 g/mol. The molecule has 5 aromatic carbocycles. The molecule has 0 aliphatic carbocycles. The van der Waals surface area contributed by atoms with Gasteiger partial charge in [-0.1, -0.05) is 103 Å². The van der Waals surface area contributed by atoms with Crippen LogP contribution in [-0.2, 0) is 28.2 Å². The Hall–Kier alpha value is -5.00. The number of rotatable bonds is 10. The van der Waals surface area contributed by atoms with E-state index in [9.17, 15) is 15.0 Å². The SMILES string of the molecule is O=C(NCc1cccc(-c2ccc([C@@H]3O[C@H](CN4CCC(O)(c5ccc(Cl)cc5)CC4)C[C@H](c4ccc(CO)cc4)O3)cc2)c1)c1cnc2ccccc2n1.